The molecule has 1 aromatic carbocycles. The number of pyridine rings is 2. The van der Waals surface area contributed by atoms with Gasteiger partial charge in [-0.3, -0.25) is 4.79 Å². The highest BCUT2D eigenvalue weighted by atomic mass is 35.5. The zero-order valence-electron chi connectivity index (χ0n) is 26.9. The number of methoxy groups -OCH3 is 1. The molecule has 12 heteroatoms. The molecule has 1 amide bonds. The molecule has 4 heterocycles. The number of rotatable bonds is 12. The van der Waals surface area contributed by atoms with E-state index in [2.05, 4.69) is 22.3 Å². The molecule has 1 saturated carbocycles. The monoisotopic (exact) mass is 701 g/mol. The Bertz CT molecular complexity index is 1550. The van der Waals surface area contributed by atoms with E-state index >= 15 is 0 Å². The van der Waals surface area contributed by atoms with Crippen molar-refractivity contribution in [2.75, 3.05) is 44.8 Å². The topological polar surface area (TPSA) is 93.9 Å². The number of aryl methyl sites for hydroxylation is 2. The van der Waals surface area contributed by atoms with Crippen molar-refractivity contribution in [1.82, 2.24) is 15.2 Å². The average molecular weight is 703 g/mol. The van der Waals surface area contributed by atoms with E-state index in [4.69, 9.17) is 49.3 Å². The van der Waals surface area contributed by atoms with Gasteiger partial charge >= 0.3 is 0 Å². The quantitative estimate of drug-likeness (QED) is 0.138. The van der Waals surface area contributed by atoms with Crippen LogP contribution in [0, 0.1) is 18.0 Å². The Morgan fingerprint density at radius 3 is 2.62 bits per heavy atom. The Balaban J connectivity index is 1.13. The molecule has 3 aromatic rings. The van der Waals surface area contributed by atoms with Crippen molar-refractivity contribution < 1.29 is 19.0 Å². The molecule has 9 nitrogen and oxygen atoms in total. The van der Waals surface area contributed by atoms with Gasteiger partial charge in [0.25, 0.3) is 0 Å². The molecule has 0 spiro atoms. The first-order valence-corrected chi connectivity index (χ1v) is 17.6. The number of carbonyl (C=O) groups is 1. The van der Waals surface area contributed by atoms with E-state index in [1.165, 1.54) is 6.20 Å². The van der Waals surface area contributed by atoms with Gasteiger partial charge in [-0.2, -0.15) is 4.73 Å². The Morgan fingerprint density at radius 2 is 1.91 bits per heavy atom. The van der Waals surface area contributed by atoms with Crippen LogP contribution in [-0.2, 0) is 22.5 Å². The molecule has 2 aliphatic heterocycles. The standard InChI is InChI=1S/C35H42Cl3N5O4/c1-22-14-30(36)34(31(37)15-22)47-27-10-12-41(20-27)33-8-5-23(17-40-33)28-9-11-39-18-29(28)35(44)42(25-6-7-25)19-24-16-26(4-3-13-46-2)43(45)21-32(24)38/h5,8,14-17,21,25,27-29,39H,3-4,6-7,9-13,18-20H2,1-2H3/t27-,28+,29-/m0/s1. The number of anilines is 1. The minimum absolute atomic E-state index is 0.0479. The molecule has 252 valence electrons. The minimum atomic E-state index is -0.223. The number of carbonyl (C=O) groups excluding carboxylic acids is 1. The lowest BCUT2D eigenvalue weighted by Crippen LogP contribution is -2.47. The fourth-order valence-electron chi connectivity index (χ4n) is 6.79. The number of hydrogen-bond acceptors (Lipinski definition) is 7. The number of nitrogens with one attached hydrogen (secondary N) is 1. The summed E-state index contributed by atoms with van der Waals surface area (Å²) < 4.78 is 12.2. The van der Waals surface area contributed by atoms with E-state index in [1.807, 2.05) is 36.2 Å². The summed E-state index contributed by atoms with van der Waals surface area (Å²) in [4.78, 5) is 23.3. The second-order valence-electron chi connectivity index (χ2n) is 12.9. The van der Waals surface area contributed by atoms with Crippen LogP contribution in [0.4, 0.5) is 5.82 Å². The van der Waals surface area contributed by atoms with Crippen LogP contribution in [0.15, 0.2) is 42.7 Å². The summed E-state index contributed by atoms with van der Waals surface area (Å²) in [7, 11) is 1.65. The molecule has 0 unspecified atom stereocenters. The maximum absolute atomic E-state index is 14.3. The number of benzene rings is 1. The highest BCUT2D eigenvalue weighted by molar-refractivity contribution is 6.37. The van der Waals surface area contributed by atoms with Gasteiger partial charge in [0.2, 0.25) is 5.91 Å². The lowest BCUT2D eigenvalue weighted by molar-refractivity contribution is -0.614. The zero-order chi connectivity index (χ0) is 33.1. The van der Waals surface area contributed by atoms with Crippen LogP contribution < -0.4 is 19.7 Å². The average Bonchev–Trinajstić information content (AvgIpc) is 3.79. The summed E-state index contributed by atoms with van der Waals surface area (Å²) in [5, 5.41) is 17.4. The molecule has 47 heavy (non-hydrogen) atoms. The predicted octanol–water partition coefficient (Wildman–Crippen LogP) is 6.10. The van der Waals surface area contributed by atoms with Crippen molar-refractivity contribution in [2.24, 2.45) is 5.92 Å². The van der Waals surface area contributed by atoms with Crippen LogP contribution in [0.25, 0.3) is 0 Å². The molecule has 3 fully saturated rings. The number of piperidine rings is 1. The van der Waals surface area contributed by atoms with Crippen molar-refractivity contribution in [1.29, 1.82) is 0 Å². The third kappa shape index (κ3) is 8.08. The summed E-state index contributed by atoms with van der Waals surface area (Å²) >= 11 is 19.4. The third-order valence-corrected chi connectivity index (χ3v) is 10.4. The third-order valence-electron chi connectivity index (χ3n) is 9.45. The molecular weight excluding hydrogens is 661 g/mol. The molecule has 6 rings (SSSR count). The largest absolute Gasteiger partial charge is 0.618 e. The van der Waals surface area contributed by atoms with E-state index in [0.717, 1.165) is 72.4 Å². The van der Waals surface area contributed by atoms with E-state index in [0.29, 0.717) is 59.2 Å². The first-order valence-electron chi connectivity index (χ1n) is 16.5. The van der Waals surface area contributed by atoms with Gasteiger partial charge in [-0.1, -0.05) is 40.9 Å². The Kier molecular flexibility index (Phi) is 11.0. The van der Waals surface area contributed by atoms with Gasteiger partial charge in [0.1, 0.15) is 16.9 Å². The van der Waals surface area contributed by atoms with Gasteiger partial charge in [-0.25, -0.2) is 4.98 Å². The summed E-state index contributed by atoms with van der Waals surface area (Å²) in [6.45, 7) is 5.85. The highest BCUT2D eigenvalue weighted by Crippen LogP contribution is 2.38. The van der Waals surface area contributed by atoms with Crippen molar-refractivity contribution in [3.05, 3.63) is 85.4 Å². The maximum Gasteiger partial charge on any atom is 0.228 e. The number of amides is 1. The van der Waals surface area contributed by atoms with Gasteiger partial charge in [-0.05, 0) is 74.4 Å². The fourth-order valence-corrected chi connectivity index (χ4v) is 7.68. The van der Waals surface area contributed by atoms with Crippen LogP contribution in [0.2, 0.25) is 15.1 Å². The van der Waals surface area contributed by atoms with Crippen LogP contribution in [-0.4, -0.2) is 67.8 Å². The molecular formula is C35H42Cl3N5O4. The summed E-state index contributed by atoms with van der Waals surface area (Å²) in [6.07, 6.45) is 8.24. The SMILES string of the molecule is COCCCc1cc(CN(C(=O)[C@H]2CNCC[C@@H]2c2ccc(N3CC[C@H](Oc4c(Cl)cc(C)cc4Cl)C3)nc2)C2CC2)c(Cl)c[n+]1[O-]. The van der Waals surface area contributed by atoms with Crippen LogP contribution >= 0.6 is 34.8 Å². The van der Waals surface area contributed by atoms with Gasteiger partial charge in [0.15, 0.2) is 17.6 Å². The van der Waals surface area contributed by atoms with Crippen LogP contribution in [0.5, 0.6) is 5.75 Å². The number of nitrogens with zero attached hydrogens (tertiary/aromatic N) is 4. The number of hydrogen-bond donors (Lipinski definition) is 1. The normalized spacial score (nSPS) is 21.2. The first-order chi connectivity index (χ1) is 22.7. The predicted molar refractivity (Wildman–Crippen MR) is 185 cm³/mol. The fraction of sp³-hybridized carbons (Fsp3) is 0.514. The molecule has 0 bridgehead atoms. The van der Waals surface area contributed by atoms with E-state index in [9.17, 15) is 10.0 Å². The Morgan fingerprint density at radius 1 is 1.13 bits per heavy atom. The number of aromatic nitrogens is 2. The molecule has 2 saturated heterocycles. The number of ether oxygens (including phenoxy) is 2. The second-order valence-corrected chi connectivity index (χ2v) is 14.2. The lowest BCUT2D eigenvalue weighted by Gasteiger charge is -2.36. The molecule has 3 atom stereocenters. The highest BCUT2D eigenvalue weighted by Gasteiger charge is 2.41. The van der Waals surface area contributed by atoms with Crippen molar-refractivity contribution in [2.45, 2.75) is 70.1 Å². The second kappa shape index (κ2) is 15.2. The molecule has 1 N–H and O–H groups in total. The van der Waals surface area contributed by atoms with Crippen molar-refractivity contribution >= 4 is 46.5 Å². The van der Waals surface area contributed by atoms with Gasteiger partial charge in [0, 0.05) is 70.1 Å². The molecule has 3 aliphatic rings. The van der Waals surface area contributed by atoms with Crippen LogP contribution in [0.1, 0.15) is 60.4 Å². The first kappa shape index (κ1) is 34.1. The Labute approximate surface area is 291 Å². The smallest absolute Gasteiger partial charge is 0.228 e. The summed E-state index contributed by atoms with van der Waals surface area (Å²) in [5.41, 5.74) is 3.49. The molecule has 1 aliphatic carbocycles. The van der Waals surface area contributed by atoms with Crippen molar-refractivity contribution in [3.63, 3.8) is 0 Å². The maximum atomic E-state index is 14.3. The van der Waals surface area contributed by atoms with E-state index in [-0.39, 0.29) is 29.9 Å². The van der Waals surface area contributed by atoms with Gasteiger partial charge < -0.3 is 29.8 Å². The summed E-state index contributed by atoms with van der Waals surface area (Å²) in [6, 6.07) is 9.94. The van der Waals surface area contributed by atoms with Gasteiger partial charge in [-0.15, -0.1) is 0 Å². The number of halogens is 3. The van der Waals surface area contributed by atoms with E-state index in [1.54, 1.807) is 7.11 Å². The Hall–Kier alpha value is -2.82. The van der Waals surface area contributed by atoms with Crippen LogP contribution in [0.3, 0.4) is 0 Å². The van der Waals surface area contributed by atoms with E-state index < -0.39 is 0 Å². The van der Waals surface area contributed by atoms with Crippen molar-refractivity contribution in [3.8, 4) is 5.75 Å². The minimum Gasteiger partial charge on any atom is -0.618 e. The lowest BCUT2D eigenvalue weighted by atomic mass is 9.80. The zero-order valence-corrected chi connectivity index (χ0v) is 29.2. The van der Waals surface area contributed by atoms with Gasteiger partial charge in [0.05, 0.1) is 22.5 Å². The molecule has 0 radical (unpaired) electrons. The summed E-state index contributed by atoms with van der Waals surface area (Å²) in [5.74, 6) is 1.36. The molecule has 2 aromatic heterocycles.